The number of para-hydroxylation sites is 2. The van der Waals surface area contributed by atoms with Crippen molar-refractivity contribution in [1.29, 1.82) is 0 Å². The van der Waals surface area contributed by atoms with Crippen LogP contribution in [0.25, 0.3) is 21.8 Å². The molecule has 0 aliphatic carbocycles. The molecule has 33 heavy (non-hydrogen) atoms. The molecule has 6 heteroatoms. The zero-order valence-corrected chi connectivity index (χ0v) is 19.2. The van der Waals surface area contributed by atoms with Crippen LogP contribution in [-0.4, -0.2) is 36.1 Å². The van der Waals surface area contributed by atoms with Crippen molar-refractivity contribution in [2.75, 3.05) is 19.8 Å². The summed E-state index contributed by atoms with van der Waals surface area (Å²) in [6.07, 6.45) is 0. The molecule has 0 spiro atoms. The van der Waals surface area contributed by atoms with Crippen LogP contribution in [0, 0.1) is 6.92 Å². The van der Waals surface area contributed by atoms with Gasteiger partial charge >= 0.3 is 5.97 Å². The van der Waals surface area contributed by atoms with Crippen molar-refractivity contribution in [3.63, 3.8) is 0 Å². The fraction of sp³-hybridized carbons (Fsp3) is 0.259. The monoisotopic (exact) mass is 444 g/mol. The first-order valence-electron chi connectivity index (χ1n) is 11.1. The van der Waals surface area contributed by atoms with Gasteiger partial charge in [-0.3, -0.25) is 0 Å². The second-order valence-electron chi connectivity index (χ2n) is 7.77. The van der Waals surface area contributed by atoms with Crippen molar-refractivity contribution in [2.24, 2.45) is 5.16 Å². The number of benzene rings is 3. The molecule has 0 amide bonds. The normalized spacial score (nSPS) is 11.7. The molecule has 0 aliphatic heterocycles. The summed E-state index contributed by atoms with van der Waals surface area (Å²) in [7, 11) is 0. The van der Waals surface area contributed by atoms with Crippen molar-refractivity contribution in [1.82, 2.24) is 4.57 Å². The van der Waals surface area contributed by atoms with Gasteiger partial charge in [-0.25, -0.2) is 4.79 Å². The third kappa shape index (κ3) is 5.00. The maximum atomic E-state index is 11.5. The third-order valence-electron chi connectivity index (χ3n) is 5.53. The Morgan fingerprint density at radius 2 is 1.64 bits per heavy atom. The predicted molar refractivity (Wildman–Crippen MR) is 131 cm³/mol. The number of rotatable bonds is 9. The van der Waals surface area contributed by atoms with Crippen LogP contribution < -0.4 is 4.74 Å². The number of oxime groups is 1. The number of carbonyl (C=O) groups is 1. The molecular weight excluding hydrogens is 416 g/mol. The van der Waals surface area contributed by atoms with Gasteiger partial charge in [-0.2, -0.15) is 0 Å². The summed E-state index contributed by atoms with van der Waals surface area (Å²) in [5.74, 6) is 0.266. The van der Waals surface area contributed by atoms with E-state index in [2.05, 4.69) is 58.3 Å². The molecule has 0 saturated heterocycles. The Morgan fingerprint density at radius 1 is 0.970 bits per heavy atom. The molecule has 3 aromatic carbocycles. The predicted octanol–water partition coefficient (Wildman–Crippen LogP) is 5.49. The highest BCUT2D eigenvalue weighted by molar-refractivity contribution is 6.07. The average molecular weight is 445 g/mol. The third-order valence-corrected chi connectivity index (χ3v) is 5.53. The highest BCUT2D eigenvalue weighted by Crippen LogP contribution is 2.28. The van der Waals surface area contributed by atoms with Crippen LogP contribution in [-0.2, 0) is 20.9 Å². The number of hydrogen-bond acceptors (Lipinski definition) is 5. The maximum Gasteiger partial charge on any atom is 0.344 e. The fourth-order valence-corrected chi connectivity index (χ4v) is 3.95. The fourth-order valence-electron chi connectivity index (χ4n) is 3.95. The lowest BCUT2D eigenvalue weighted by molar-refractivity contribution is -0.145. The standard InChI is InChI=1S/C27H28N2O4/c1-4-31-27(30)18-32-26-14-13-21(17-19(26)2)20(3)28-33-16-15-29-24-11-7-5-9-22(24)23-10-6-8-12-25(23)29/h5-14,17H,4,15-16,18H2,1-3H3/b28-20+. The molecule has 0 atom stereocenters. The first-order chi connectivity index (χ1) is 16.1. The Hall–Kier alpha value is -3.80. The zero-order chi connectivity index (χ0) is 23.2. The smallest absolute Gasteiger partial charge is 0.344 e. The molecular formula is C27H28N2O4. The highest BCUT2D eigenvalue weighted by atomic mass is 16.6. The quantitative estimate of drug-likeness (QED) is 0.148. The second-order valence-corrected chi connectivity index (χ2v) is 7.77. The highest BCUT2D eigenvalue weighted by Gasteiger charge is 2.10. The molecule has 0 fully saturated rings. The van der Waals surface area contributed by atoms with Crippen LogP contribution in [0.1, 0.15) is 25.0 Å². The van der Waals surface area contributed by atoms with Crippen LogP contribution in [0.4, 0.5) is 0 Å². The minimum Gasteiger partial charge on any atom is -0.482 e. The second kappa shape index (κ2) is 10.2. The largest absolute Gasteiger partial charge is 0.482 e. The molecule has 170 valence electrons. The summed E-state index contributed by atoms with van der Waals surface area (Å²) in [5.41, 5.74) is 5.01. The van der Waals surface area contributed by atoms with E-state index in [0.717, 1.165) is 16.8 Å². The maximum absolute atomic E-state index is 11.5. The van der Waals surface area contributed by atoms with Crippen LogP contribution >= 0.6 is 0 Å². The van der Waals surface area contributed by atoms with Gasteiger partial charge in [0, 0.05) is 21.8 Å². The van der Waals surface area contributed by atoms with E-state index in [1.807, 2.05) is 32.0 Å². The van der Waals surface area contributed by atoms with Crippen LogP contribution in [0.15, 0.2) is 71.9 Å². The number of hydrogen-bond donors (Lipinski definition) is 0. The topological polar surface area (TPSA) is 62.1 Å². The Morgan fingerprint density at radius 3 is 2.27 bits per heavy atom. The Balaban J connectivity index is 1.40. The molecule has 0 bridgehead atoms. The molecule has 1 aromatic heterocycles. The van der Waals surface area contributed by atoms with Crippen molar-refractivity contribution < 1.29 is 19.1 Å². The number of ether oxygens (including phenoxy) is 2. The number of carbonyl (C=O) groups excluding carboxylic acids is 1. The van der Waals surface area contributed by atoms with Gasteiger partial charge in [-0.15, -0.1) is 0 Å². The van der Waals surface area contributed by atoms with Gasteiger partial charge in [0.1, 0.15) is 12.4 Å². The summed E-state index contributed by atoms with van der Waals surface area (Å²) in [6.45, 7) is 7.00. The van der Waals surface area contributed by atoms with Crippen molar-refractivity contribution in [3.05, 3.63) is 77.9 Å². The summed E-state index contributed by atoms with van der Waals surface area (Å²) in [5, 5.41) is 6.80. The van der Waals surface area contributed by atoms with E-state index in [-0.39, 0.29) is 12.6 Å². The van der Waals surface area contributed by atoms with E-state index in [4.69, 9.17) is 14.3 Å². The van der Waals surface area contributed by atoms with Gasteiger partial charge in [0.25, 0.3) is 0 Å². The van der Waals surface area contributed by atoms with Gasteiger partial charge in [-0.1, -0.05) is 41.6 Å². The van der Waals surface area contributed by atoms with Crippen LogP contribution in [0.2, 0.25) is 0 Å². The minimum atomic E-state index is -0.379. The van der Waals surface area contributed by atoms with Gasteiger partial charge in [0.15, 0.2) is 6.61 Å². The Kier molecular flexibility index (Phi) is 6.93. The summed E-state index contributed by atoms with van der Waals surface area (Å²) >= 11 is 0. The minimum absolute atomic E-state index is 0.104. The van der Waals surface area contributed by atoms with E-state index in [1.165, 1.54) is 21.8 Å². The van der Waals surface area contributed by atoms with E-state index < -0.39 is 0 Å². The van der Waals surface area contributed by atoms with Crippen molar-refractivity contribution in [3.8, 4) is 5.75 Å². The average Bonchev–Trinajstić information content (AvgIpc) is 3.15. The number of nitrogens with zero attached hydrogens (tertiary/aromatic N) is 2. The molecule has 0 unspecified atom stereocenters. The molecule has 4 aromatic rings. The first kappa shape index (κ1) is 22.4. The molecule has 0 N–H and O–H groups in total. The molecule has 6 nitrogen and oxygen atoms in total. The lowest BCUT2D eigenvalue weighted by Gasteiger charge is -2.10. The van der Waals surface area contributed by atoms with Gasteiger partial charge in [-0.05, 0) is 62.2 Å². The molecule has 1 heterocycles. The lowest BCUT2D eigenvalue weighted by atomic mass is 10.1. The summed E-state index contributed by atoms with van der Waals surface area (Å²) in [4.78, 5) is 17.2. The zero-order valence-electron chi connectivity index (χ0n) is 19.2. The van der Waals surface area contributed by atoms with E-state index in [0.29, 0.717) is 25.5 Å². The number of aromatic nitrogens is 1. The summed E-state index contributed by atoms with van der Waals surface area (Å²) in [6, 6.07) is 22.5. The van der Waals surface area contributed by atoms with Gasteiger partial charge in [0.05, 0.1) is 18.9 Å². The lowest BCUT2D eigenvalue weighted by Crippen LogP contribution is -2.15. The van der Waals surface area contributed by atoms with E-state index >= 15 is 0 Å². The molecule has 4 rings (SSSR count). The van der Waals surface area contributed by atoms with E-state index in [9.17, 15) is 4.79 Å². The number of aryl methyl sites for hydroxylation is 1. The van der Waals surface area contributed by atoms with Crippen LogP contribution in [0.3, 0.4) is 0 Å². The van der Waals surface area contributed by atoms with Crippen LogP contribution in [0.5, 0.6) is 5.75 Å². The van der Waals surface area contributed by atoms with Gasteiger partial charge in [0.2, 0.25) is 0 Å². The van der Waals surface area contributed by atoms with Crippen molar-refractivity contribution in [2.45, 2.75) is 27.3 Å². The molecule has 0 saturated carbocycles. The van der Waals surface area contributed by atoms with Gasteiger partial charge < -0.3 is 18.9 Å². The number of esters is 1. The molecule has 0 radical (unpaired) electrons. The SMILES string of the molecule is CCOC(=O)COc1ccc(/C(C)=N/OCCn2c3ccccc3c3ccccc32)cc1C. The first-order valence-corrected chi connectivity index (χ1v) is 11.1. The summed E-state index contributed by atoms with van der Waals surface area (Å²) < 4.78 is 12.7. The Bertz CT molecular complexity index is 1250. The van der Waals surface area contributed by atoms with Crippen molar-refractivity contribution >= 4 is 33.5 Å². The van der Waals surface area contributed by atoms with E-state index in [1.54, 1.807) is 6.92 Å². The number of fused-ring (bicyclic) bond motifs is 3. The Labute approximate surface area is 193 Å². The molecule has 0 aliphatic rings.